The molecule has 1 aliphatic rings. The zero-order chi connectivity index (χ0) is 13.0. The number of piperidine rings is 1. The molecule has 1 atom stereocenters. The third-order valence-corrected chi connectivity index (χ3v) is 4.27. The zero-order valence-electron chi connectivity index (χ0n) is 10.3. The van der Waals surface area contributed by atoms with E-state index in [0.717, 1.165) is 18.3 Å². The number of nitrogens with zero attached hydrogens (tertiary/aromatic N) is 1. The smallest absolute Gasteiger partial charge is 0.127 e. The van der Waals surface area contributed by atoms with Gasteiger partial charge in [-0.05, 0) is 44.0 Å². The van der Waals surface area contributed by atoms with E-state index in [2.05, 4.69) is 20.8 Å². The van der Waals surface area contributed by atoms with Crippen LogP contribution in [0.4, 0.5) is 4.39 Å². The van der Waals surface area contributed by atoms with Gasteiger partial charge in [-0.15, -0.1) is 0 Å². The summed E-state index contributed by atoms with van der Waals surface area (Å²) >= 11 is 9.44. The molecule has 2 rings (SSSR count). The van der Waals surface area contributed by atoms with E-state index in [-0.39, 0.29) is 5.82 Å². The summed E-state index contributed by atoms with van der Waals surface area (Å²) in [5.41, 5.74) is 0.712. The number of hydrogen-bond donors (Lipinski definition) is 0. The Balaban J connectivity index is 2.08. The highest BCUT2D eigenvalue weighted by molar-refractivity contribution is 9.09. The Kier molecular flexibility index (Phi) is 5.46. The van der Waals surface area contributed by atoms with Crippen molar-refractivity contribution in [2.24, 2.45) is 0 Å². The van der Waals surface area contributed by atoms with Crippen LogP contribution >= 0.6 is 27.5 Å². The first-order valence-electron chi connectivity index (χ1n) is 6.44. The van der Waals surface area contributed by atoms with E-state index < -0.39 is 0 Å². The minimum Gasteiger partial charge on any atom is -0.296 e. The monoisotopic (exact) mass is 333 g/mol. The van der Waals surface area contributed by atoms with Crippen LogP contribution in [0.15, 0.2) is 18.2 Å². The van der Waals surface area contributed by atoms with Gasteiger partial charge < -0.3 is 0 Å². The van der Waals surface area contributed by atoms with Gasteiger partial charge in [0.15, 0.2) is 0 Å². The molecule has 0 aliphatic carbocycles. The first-order valence-corrected chi connectivity index (χ1v) is 7.94. The highest BCUT2D eigenvalue weighted by Crippen LogP contribution is 2.24. The molecule has 100 valence electrons. The van der Waals surface area contributed by atoms with Gasteiger partial charge in [0.25, 0.3) is 0 Å². The fourth-order valence-corrected chi connectivity index (χ4v) is 3.33. The molecule has 1 nitrogen and oxygen atoms in total. The largest absolute Gasteiger partial charge is 0.296 e. The molecular weight excluding hydrogens is 317 g/mol. The van der Waals surface area contributed by atoms with Crippen molar-refractivity contribution in [3.8, 4) is 0 Å². The molecule has 1 heterocycles. The quantitative estimate of drug-likeness (QED) is 0.726. The molecule has 0 bridgehead atoms. The lowest BCUT2D eigenvalue weighted by Crippen LogP contribution is -2.39. The molecule has 1 saturated heterocycles. The normalized spacial score (nSPS) is 21.2. The molecule has 1 fully saturated rings. The Bertz CT molecular complexity index is 397. The number of benzene rings is 1. The Morgan fingerprint density at radius 2 is 2.22 bits per heavy atom. The molecule has 1 unspecified atom stereocenters. The molecule has 0 amide bonds. The fraction of sp³-hybridized carbons (Fsp3) is 0.571. The topological polar surface area (TPSA) is 3.24 Å². The Morgan fingerprint density at radius 3 is 3.00 bits per heavy atom. The summed E-state index contributed by atoms with van der Waals surface area (Å²) in [4.78, 5) is 2.39. The number of likely N-dealkylation sites (tertiary alicyclic amines) is 1. The van der Waals surface area contributed by atoms with Gasteiger partial charge >= 0.3 is 0 Å². The molecule has 1 aromatic rings. The molecule has 0 saturated carbocycles. The Labute approximate surface area is 121 Å². The minimum atomic E-state index is -0.150. The lowest BCUT2D eigenvalue weighted by molar-refractivity contribution is 0.135. The highest BCUT2D eigenvalue weighted by Gasteiger charge is 2.22. The Morgan fingerprint density at radius 1 is 1.39 bits per heavy atom. The van der Waals surface area contributed by atoms with Crippen molar-refractivity contribution in [1.82, 2.24) is 4.90 Å². The van der Waals surface area contributed by atoms with Crippen LogP contribution in [-0.2, 0) is 6.54 Å². The number of halogens is 3. The molecule has 18 heavy (non-hydrogen) atoms. The summed E-state index contributed by atoms with van der Waals surface area (Å²) in [6.07, 6.45) is 4.84. The molecule has 1 aliphatic heterocycles. The highest BCUT2D eigenvalue weighted by atomic mass is 79.9. The van der Waals surface area contributed by atoms with Crippen LogP contribution in [0.1, 0.15) is 31.2 Å². The van der Waals surface area contributed by atoms with Crippen molar-refractivity contribution in [3.63, 3.8) is 0 Å². The lowest BCUT2D eigenvalue weighted by atomic mass is 9.99. The van der Waals surface area contributed by atoms with Crippen molar-refractivity contribution in [2.45, 2.75) is 38.3 Å². The average molecular weight is 335 g/mol. The second-order valence-corrected chi connectivity index (χ2v) is 6.06. The first kappa shape index (κ1) is 14.3. The van der Waals surface area contributed by atoms with Crippen LogP contribution in [0, 0.1) is 5.82 Å². The fourth-order valence-electron chi connectivity index (χ4n) is 2.60. The number of alkyl halides is 1. The Hall–Kier alpha value is -0.120. The maximum atomic E-state index is 13.7. The minimum absolute atomic E-state index is 0.150. The van der Waals surface area contributed by atoms with Crippen LogP contribution in [0.3, 0.4) is 0 Å². The number of hydrogen-bond acceptors (Lipinski definition) is 1. The summed E-state index contributed by atoms with van der Waals surface area (Å²) in [5, 5.41) is 1.62. The second kappa shape index (κ2) is 6.88. The molecule has 0 radical (unpaired) electrons. The van der Waals surface area contributed by atoms with Crippen molar-refractivity contribution >= 4 is 27.5 Å². The molecule has 0 N–H and O–H groups in total. The van der Waals surface area contributed by atoms with E-state index in [1.54, 1.807) is 12.1 Å². The summed E-state index contributed by atoms with van der Waals surface area (Å²) < 4.78 is 13.7. The van der Waals surface area contributed by atoms with E-state index in [4.69, 9.17) is 11.6 Å². The van der Waals surface area contributed by atoms with Crippen LogP contribution < -0.4 is 0 Å². The van der Waals surface area contributed by atoms with E-state index >= 15 is 0 Å². The maximum absolute atomic E-state index is 13.7. The molecular formula is C14H18BrClFN. The summed E-state index contributed by atoms with van der Waals surface area (Å²) in [6, 6.07) is 5.38. The van der Waals surface area contributed by atoms with Gasteiger partial charge in [0.2, 0.25) is 0 Å². The van der Waals surface area contributed by atoms with Crippen LogP contribution in [-0.4, -0.2) is 22.8 Å². The summed E-state index contributed by atoms with van der Waals surface area (Å²) in [6.45, 7) is 1.73. The van der Waals surface area contributed by atoms with Gasteiger partial charge in [-0.1, -0.05) is 34.0 Å². The first-order chi connectivity index (χ1) is 8.70. The molecule has 4 heteroatoms. The maximum Gasteiger partial charge on any atom is 0.127 e. The van der Waals surface area contributed by atoms with Crippen molar-refractivity contribution < 1.29 is 4.39 Å². The third-order valence-electron chi connectivity index (χ3n) is 3.57. The summed E-state index contributed by atoms with van der Waals surface area (Å²) in [5.74, 6) is -0.150. The molecule has 0 spiro atoms. The number of rotatable bonds is 4. The standard InChI is InChI=1S/C14H18BrClFN/c15-7-6-13-3-1-2-8-18(13)10-11-9-12(16)4-5-14(11)17/h4-5,9,13H,1-3,6-8,10H2. The van der Waals surface area contributed by atoms with E-state index in [1.165, 1.54) is 25.3 Å². The lowest BCUT2D eigenvalue weighted by Gasteiger charge is -2.35. The molecule has 1 aromatic carbocycles. The third kappa shape index (κ3) is 3.69. The second-order valence-electron chi connectivity index (χ2n) is 4.83. The van der Waals surface area contributed by atoms with E-state index in [9.17, 15) is 4.39 Å². The van der Waals surface area contributed by atoms with Crippen molar-refractivity contribution in [1.29, 1.82) is 0 Å². The van der Waals surface area contributed by atoms with Gasteiger partial charge in [0, 0.05) is 28.5 Å². The van der Waals surface area contributed by atoms with Gasteiger partial charge in [0.1, 0.15) is 5.82 Å². The predicted octanol–water partition coefficient (Wildman–Crippen LogP) is 4.62. The van der Waals surface area contributed by atoms with Crippen molar-refractivity contribution in [2.75, 3.05) is 11.9 Å². The van der Waals surface area contributed by atoms with Gasteiger partial charge in [0.05, 0.1) is 0 Å². The van der Waals surface area contributed by atoms with E-state index in [0.29, 0.717) is 23.2 Å². The van der Waals surface area contributed by atoms with Gasteiger partial charge in [-0.2, -0.15) is 0 Å². The average Bonchev–Trinajstić information content (AvgIpc) is 2.36. The SMILES string of the molecule is Fc1ccc(Cl)cc1CN1CCCCC1CCBr. The van der Waals surface area contributed by atoms with Crippen LogP contribution in [0.5, 0.6) is 0 Å². The summed E-state index contributed by atoms with van der Waals surface area (Å²) in [7, 11) is 0. The van der Waals surface area contributed by atoms with Crippen molar-refractivity contribution in [3.05, 3.63) is 34.6 Å². The van der Waals surface area contributed by atoms with Gasteiger partial charge in [-0.3, -0.25) is 4.90 Å². The van der Waals surface area contributed by atoms with Crippen LogP contribution in [0.25, 0.3) is 0 Å². The van der Waals surface area contributed by atoms with Gasteiger partial charge in [-0.25, -0.2) is 4.39 Å². The zero-order valence-corrected chi connectivity index (χ0v) is 12.7. The van der Waals surface area contributed by atoms with Crippen LogP contribution in [0.2, 0.25) is 5.02 Å². The van der Waals surface area contributed by atoms with E-state index in [1.807, 2.05) is 0 Å². The predicted molar refractivity (Wildman–Crippen MR) is 77.9 cm³/mol. The molecule has 0 aromatic heterocycles.